The summed E-state index contributed by atoms with van der Waals surface area (Å²) in [5.41, 5.74) is 0. The van der Waals surface area contributed by atoms with Crippen LogP contribution in [0.1, 0.15) is 12.7 Å². The van der Waals surface area contributed by atoms with Gasteiger partial charge in [0.1, 0.15) is 12.4 Å². The molecule has 0 radical (unpaired) electrons. The number of nitrogens with zero attached hydrogens (tertiary/aromatic N) is 1. The van der Waals surface area contributed by atoms with Gasteiger partial charge in [-0.05, 0) is 0 Å². The van der Waals surface area contributed by atoms with E-state index in [1.807, 2.05) is 19.4 Å². The Morgan fingerprint density at radius 1 is 1.50 bits per heavy atom. The molecule has 0 aliphatic carbocycles. The van der Waals surface area contributed by atoms with Gasteiger partial charge in [-0.25, -0.2) is 9.55 Å². The van der Waals surface area contributed by atoms with Crippen molar-refractivity contribution in [1.82, 2.24) is 4.98 Å². The Bertz CT molecular complexity index is 212. The zero-order chi connectivity index (χ0) is 9.56. The largest absolute Gasteiger partial charge is 0.405 e. The third-order valence-corrected chi connectivity index (χ3v) is 1.31. The minimum absolute atomic E-state index is 1.07. The van der Waals surface area contributed by atoms with Crippen molar-refractivity contribution in [1.29, 1.82) is 0 Å². The van der Waals surface area contributed by atoms with E-state index in [4.69, 9.17) is 12.6 Å². The van der Waals surface area contributed by atoms with Crippen LogP contribution in [0.4, 0.5) is 0 Å². The molecule has 6 heteroatoms. The van der Waals surface area contributed by atoms with Crippen molar-refractivity contribution in [2.75, 3.05) is 0 Å². The maximum atomic E-state index is 8.52. The quantitative estimate of drug-likeness (QED) is 0.524. The molecular formula is C6H11BrN2O3. The summed E-state index contributed by atoms with van der Waals surface area (Å²) < 4.78 is 27.6. The molecule has 1 aromatic rings. The number of hydrogen-bond acceptors (Lipinski definition) is 3. The highest BCUT2D eigenvalue weighted by atomic mass is 80.0. The van der Waals surface area contributed by atoms with E-state index in [0.717, 1.165) is 6.42 Å². The normalized spacial score (nSPS) is 9.50. The molecule has 0 spiro atoms. The summed E-state index contributed by atoms with van der Waals surface area (Å²) in [4.78, 5) is 3.12. The van der Waals surface area contributed by atoms with Crippen LogP contribution in [0.5, 0.6) is 0 Å². The molecule has 5 nitrogen and oxygen atoms in total. The number of halogens is 1. The van der Waals surface area contributed by atoms with Gasteiger partial charge < -0.3 is 12.6 Å². The van der Waals surface area contributed by atoms with E-state index in [2.05, 4.69) is 16.5 Å². The van der Waals surface area contributed by atoms with Crippen LogP contribution in [0.3, 0.4) is 0 Å². The van der Waals surface area contributed by atoms with Gasteiger partial charge in [-0.15, -0.1) is 0 Å². The molecule has 0 saturated heterocycles. The van der Waals surface area contributed by atoms with E-state index in [-0.39, 0.29) is 0 Å². The van der Waals surface area contributed by atoms with Gasteiger partial charge in [0, 0.05) is 6.42 Å². The summed E-state index contributed by atoms with van der Waals surface area (Å²) >= 11 is -3.65. The molecule has 1 N–H and O–H groups in total. The van der Waals surface area contributed by atoms with Crippen LogP contribution in [-0.2, 0) is 13.5 Å². The third kappa shape index (κ3) is 5.25. The van der Waals surface area contributed by atoms with E-state index in [1.54, 1.807) is 0 Å². The lowest BCUT2D eigenvalue weighted by atomic mass is 10.5. The molecular weight excluding hydrogens is 228 g/mol. The number of nitrogens with one attached hydrogen (secondary N) is 1. The molecule has 0 unspecified atom stereocenters. The van der Waals surface area contributed by atoms with Crippen molar-refractivity contribution in [2.45, 2.75) is 13.3 Å². The molecule has 1 aromatic heterocycles. The van der Waals surface area contributed by atoms with Gasteiger partial charge in [0.05, 0.1) is 7.05 Å². The second-order valence-electron chi connectivity index (χ2n) is 2.06. The minimum Gasteiger partial charge on any atom is -0.405 e. The fourth-order valence-electron chi connectivity index (χ4n) is 0.789. The van der Waals surface area contributed by atoms with Crippen LogP contribution in [0.15, 0.2) is 12.4 Å². The SMILES string of the molecule is CCc1[nH]cc[n+]1C.[O-][Br+2]([O-])[O-]. The standard InChI is InChI=1S/C6H10N2.BrO3/c1-3-6-7-4-5-8(6)2;2-1(3)4/h4-5H,3H2,1-2H3;/q;-1/p+1. The number of aromatic amines is 1. The number of aromatic nitrogens is 2. The molecule has 0 fully saturated rings. The molecule has 0 amide bonds. The molecule has 1 rings (SSSR count). The summed E-state index contributed by atoms with van der Waals surface area (Å²) in [6.07, 6.45) is 5.03. The highest BCUT2D eigenvalue weighted by molar-refractivity contribution is 4.74. The Morgan fingerprint density at radius 3 is 2.17 bits per heavy atom. The number of imidazole rings is 1. The smallest absolute Gasteiger partial charge is 0.253 e. The van der Waals surface area contributed by atoms with Gasteiger partial charge in [0.2, 0.25) is 14.8 Å². The van der Waals surface area contributed by atoms with E-state index >= 15 is 0 Å². The van der Waals surface area contributed by atoms with Gasteiger partial charge in [-0.3, -0.25) is 0 Å². The van der Waals surface area contributed by atoms with Crippen molar-refractivity contribution in [3.63, 3.8) is 0 Å². The van der Waals surface area contributed by atoms with Crippen LogP contribution in [0.2, 0.25) is 0 Å². The zero-order valence-corrected chi connectivity index (χ0v) is 8.50. The second-order valence-corrected chi connectivity index (χ2v) is 2.85. The monoisotopic (exact) mass is 238 g/mol. The number of aryl methyl sites for hydroxylation is 2. The summed E-state index contributed by atoms with van der Waals surface area (Å²) in [5, 5.41) is 0. The average Bonchev–Trinajstić information content (AvgIpc) is 2.33. The van der Waals surface area contributed by atoms with Crippen LogP contribution < -0.4 is 17.2 Å². The van der Waals surface area contributed by atoms with Crippen molar-refractivity contribution in [2.24, 2.45) is 7.05 Å². The fraction of sp³-hybridized carbons (Fsp3) is 0.500. The molecule has 0 atom stereocenters. The van der Waals surface area contributed by atoms with E-state index < -0.39 is 14.8 Å². The van der Waals surface area contributed by atoms with Crippen molar-refractivity contribution >= 4 is 0 Å². The summed E-state index contributed by atoms with van der Waals surface area (Å²) in [6.45, 7) is 2.13. The van der Waals surface area contributed by atoms with Crippen LogP contribution in [0, 0.1) is 14.8 Å². The van der Waals surface area contributed by atoms with Crippen LogP contribution >= 0.6 is 0 Å². The molecule has 0 aromatic carbocycles. The topological polar surface area (TPSA) is 88.8 Å². The van der Waals surface area contributed by atoms with Crippen LogP contribution in [-0.4, -0.2) is 4.98 Å². The van der Waals surface area contributed by atoms with Gasteiger partial charge in [0.15, 0.2) is 0 Å². The molecule has 0 saturated carbocycles. The maximum absolute atomic E-state index is 8.52. The fourth-order valence-corrected chi connectivity index (χ4v) is 0.789. The third-order valence-electron chi connectivity index (χ3n) is 1.31. The van der Waals surface area contributed by atoms with Gasteiger partial charge in [-0.2, -0.15) is 0 Å². The molecule has 0 aliphatic rings. The average molecular weight is 239 g/mol. The number of hydrogen-bond donors (Lipinski definition) is 1. The predicted octanol–water partition coefficient (Wildman–Crippen LogP) is -3.17. The summed E-state index contributed by atoms with van der Waals surface area (Å²) in [6, 6.07) is 0. The summed E-state index contributed by atoms with van der Waals surface area (Å²) in [7, 11) is 2.04. The Hall–Kier alpha value is -0.430. The second kappa shape index (κ2) is 6.13. The Kier molecular flexibility index (Phi) is 5.91. The minimum atomic E-state index is -3.65. The van der Waals surface area contributed by atoms with E-state index in [1.165, 1.54) is 5.82 Å². The maximum Gasteiger partial charge on any atom is 0.253 e. The highest BCUT2D eigenvalue weighted by Gasteiger charge is 1.99. The first-order valence-corrected chi connectivity index (χ1v) is 5.27. The number of H-pyrrole nitrogens is 1. The van der Waals surface area contributed by atoms with Gasteiger partial charge >= 0.3 is 0 Å². The Labute approximate surface area is 76.1 Å². The zero-order valence-electron chi connectivity index (χ0n) is 6.91. The lowest BCUT2D eigenvalue weighted by Crippen LogP contribution is -2.42. The van der Waals surface area contributed by atoms with Crippen molar-refractivity contribution in [3.8, 4) is 0 Å². The van der Waals surface area contributed by atoms with Gasteiger partial charge in [-0.1, -0.05) is 6.92 Å². The molecule has 0 bridgehead atoms. The summed E-state index contributed by atoms with van der Waals surface area (Å²) in [5.74, 6) is 1.27. The number of rotatable bonds is 1. The van der Waals surface area contributed by atoms with E-state index in [0.29, 0.717) is 0 Å². The first-order valence-electron chi connectivity index (χ1n) is 3.32. The van der Waals surface area contributed by atoms with Gasteiger partial charge in [0.25, 0.3) is 5.82 Å². The van der Waals surface area contributed by atoms with Crippen molar-refractivity contribution in [3.05, 3.63) is 18.2 Å². The lowest BCUT2D eigenvalue weighted by molar-refractivity contribution is -1.73. The Balaban J connectivity index is 0.000000261. The van der Waals surface area contributed by atoms with Crippen LogP contribution in [0.25, 0.3) is 0 Å². The first kappa shape index (κ1) is 11.6. The molecule has 70 valence electrons. The molecule has 1 heterocycles. The predicted molar refractivity (Wildman–Crippen MR) is 31.3 cm³/mol. The Morgan fingerprint density at radius 2 is 2.00 bits per heavy atom. The van der Waals surface area contributed by atoms with E-state index in [9.17, 15) is 0 Å². The highest BCUT2D eigenvalue weighted by Crippen LogP contribution is 1.82. The lowest BCUT2D eigenvalue weighted by Gasteiger charge is -1.85. The molecule has 0 aliphatic heterocycles. The first-order chi connectivity index (χ1) is 5.57. The molecule has 12 heavy (non-hydrogen) atoms. The van der Waals surface area contributed by atoms with Crippen molar-refractivity contribution < 1.29 is 32.0 Å².